The third kappa shape index (κ3) is 1.82. The van der Waals surface area contributed by atoms with E-state index in [1.807, 2.05) is 24.3 Å². The lowest BCUT2D eigenvalue weighted by atomic mass is 10.1. The first-order chi connectivity index (χ1) is 5.24. The molecule has 1 aromatic rings. The Morgan fingerprint density at radius 2 is 1.82 bits per heavy atom. The van der Waals surface area contributed by atoms with E-state index in [9.17, 15) is 0 Å². The predicted molar refractivity (Wildman–Crippen MR) is 48.0 cm³/mol. The van der Waals surface area contributed by atoms with Gasteiger partial charge in [-0.05, 0) is 17.7 Å². The van der Waals surface area contributed by atoms with Gasteiger partial charge in [0.25, 0.3) is 0 Å². The quantitative estimate of drug-likeness (QED) is 0.492. The van der Waals surface area contributed by atoms with Crippen LogP contribution in [-0.4, -0.2) is 0 Å². The number of hydrogen-bond donors (Lipinski definition) is 2. The van der Waals surface area contributed by atoms with E-state index in [-0.39, 0.29) is 6.04 Å². The van der Waals surface area contributed by atoms with Gasteiger partial charge < -0.3 is 11.5 Å². The molecule has 1 aromatic carbocycles. The second-order valence-corrected chi connectivity index (χ2v) is 2.43. The van der Waals surface area contributed by atoms with Crippen LogP contribution in [-0.2, 0) is 0 Å². The summed E-state index contributed by atoms with van der Waals surface area (Å²) in [6, 6.07) is 7.39. The van der Waals surface area contributed by atoms with Crippen LogP contribution < -0.4 is 11.5 Å². The number of anilines is 1. The molecule has 1 rings (SSSR count). The molecule has 0 fully saturated rings. The van der Waals surface area contributed by atoms with E-state index in [1.54, 1.807) is 6.08 Å². The summed E-state index contributed by atoms with van der Waals surface area (Å²) < 4.78 is 0. The lowest BCUT2D eigenvalue weighted by molar-refractivity contribution is 0.915. The van der Waals surface area contributed by atoms with Crippen LogP contribution >= 0.6 is 0 Å². The first-order valence-electron chi connectivity index (χ1n) is 3.47. The van der Waals surface area contributed by atoms with Crippen molar-refractivity contribution in [3.63, 3.8) is 0 Å². The van der Waals surface area contributed by atoms with Crippen LogP contribution in [0.3, 0.4) is 0 Å². The lowest BCUT2D eigenvalue weighted by Crippen LogP contribution is -2.05. The summed E-state index contributed by atoms with van der Waals surface area (Å²) in [5, 5.41) is 0. The predicted octanol–water partition coefficient (Wildman–Crippen LogP) is 1.45. The average molecular weight is 148 g/mol. The van der Waals surface area contributed by atoms with Crippen molar-refractivity contribution in [2.75, 3.05) is 5.73 Å². The van der Waals surface area contributed by atoms with Crippen molar-refractivity contribution in [3.05, 3.63) is 42.5 Å². The standard InChI is InChI=1S/C9H12N2/c1-2-9(11)7-3-5-8(10)6-4-7/h2-6,9H,1,10-11H2/t9-/m1/s1. The minimum Gasteiger partial charge on any atom is -0.399 e. The summed E-state index contributed by atoms with van der Waals surface area (Å²) in [6.07, 6.45) is 1.70. The molecular weight excluding hydrogens is 136 g/mol. The Bertz CT molecular complexity index is 238. The van der Waals surface area contributed by atoms with Crippen LogP contribution in [0.5, 0.6) is 0 Å². The van der Waals surface area contributed by atoms with E-state index in [2.05, 4.69) is 6.58 Å². The van der Waals surface area contributed by atoms with E-state index >= 15 is 0 Å². The number of hydrogen-bond acceptors (Lipinski definition) is 2. The van der Waals surface area contributed by atoms with Crippen molar-refractivity contribution in [1.29, 1.82) is 0 Å². The first kappa shape index (κ1) is 7.82. The van der Waals surface area contributed by atoms with Crippen molar-refractivity contribution in [3.8, 4) is 0 Å². The Balaban J connectivity index is 2.89. The monoisotopic (exact) mass is 148 g/mol. The Morgan fingerprint density at radius 3 is 2.27 bits per heavy atom. The van der Waals surface area contributed by atoms with Gasteiger partial charge in [-0.15, -0.1) is 6.58 Å². The summed E-state index contributed by atoms with van der Waals surface area (Å²) in [6.45, 7) is 3.60. The largest absolute Gasteiger partial charge is 0.399 e. The number of rotatable bonds is 2. The van der Waals surface area contributed by atoms with E-state index in [0.717, 1.165) is 11.3 Å². The molecule has 58 valence electrons. The second kappa shape index (κ2) is 3.21. The Morgan fingerprint density at radius 1 is 1.27 bits per heavy atom. The minimum atomic E-state index is -0.0874. The summed E-state index contributed by atoms with van der Waals surface area (Å²) in [5.74, 6) is 0. The maximum atomic E-state index is 5.69. The zero-order valence-corrected chi connectivity index (χ0v) is 6.33. The molecule has 0 saturated carbocycles. The molecule has 0 heterocycles. The van der Waals surface area contributed by atoms with Gasteiger partial charge in [-0.1, -0.05) is 18.2 Å². The SMILES string of the molecule is C=C[C@@H](N)c1ccc(N)cc1. The highest BCUT2D eigenvalue weighted by Gasteiger charge is 1.98. The van der Waals surface area contributed by atoms with Crippen LogP contribution in [0.1, 0.15) is 11.6 Å². The van der Waals surface area contributed by atoms with Gasteiger partial charge >= 0.3 is 0 Å². The summed E-state index contributed by atoms with van der Waals surface area (Å²) in [7, 11) is 0. The van der Waals surface area contributed by atoms with Gasteiger partial charge in [0, 0.05) is 11.7 Å². The second-order valence-electron chi connectivity index (χ2n) is 2.43. The number of nitrogens with two attached hydrogens (primary N) is 2. The summed E-state index contributed by atoms with van der Waals surface area (Å²) in [4.78, 5) is 0. The molecule has 0 saturated heterocycles. The molecule has 0 spiro atoms. The van der Waals surface area contributed by atoms with Crippen molar-refractivity contribution < 1.29 is 0 Å². The number of nitrogen functional groups attached to an aromatic ring is 1. The molecule has 0 aromatic heterocycles. The fourth-order valence-corrected chi connectivity index (χ4v) is 0.854. The van der Waals surface area contributed by atoms with Crippen molar-refractivity contribution in [2.45, 2.75) is 6.04 Å². The van der Waals surface area contributed by atoms with Crippen molar-refractivity contribution in [2.24, 2.45) is 5.73 Å². The van der Waals surface area contributed by atoms with Gasteiger partial charge in [-0.25, -0.2) is 0 Å². The van der Waals surface area contributed by atoms with Crippen LogP contribution in [0, 0.1) is 0 Å². The molecule has 11 heavy (non-hydrogen) atoms. The first-order valence-corrected chi connectivity index (χ1v) is 3.47. The maximum Gasteiger partial charge on any atom is 0.0478 e. The Labute approximate surface area is 66.5 Å². The normalized spacial score (nSPS) is 12.5. The molecular formula is C9H12N2. The molecule has 0 aliphatic carbocycles. The van der Waals surface area contributed by atoms with E-state index in [0.29, 0.717) is 0 Å². The van der Waals surface area contributed by atoms with Gasteiger partial charge in [-0.2, -0.15) is 0 Å². The molecule has 0 radical (unpaired) electrons. The fraction of sp³-hybridized carbons (Fsp3) is 0.111. The Hall–Kier alpha value is -1.28. The van der Waals surface area contributed by atoms with Crippen LogP contribution in [0.15, 0.2) is 36.9 Å². The maximum absolute atomic E-state index is 5.69. The van der Waals surface area contributed by atoms with Gasteiger partial charge in [0.2, 0.25) is 0 Å². The zero-order valence-electron chi connectivity index (χ0n) is 6.33. The topological polar surface area (TPSA) is 52.0 Å². The minimum absolute atomic E-state index is 0.0874. The van der Waals surface area contributed by atoms with Crippen molar-refractivity contribution in [1.82, 2.24) is 0 Å². The van der Waals surface area contributed by atoms with Gasteiger partial charge in [0.15, 0.2) is 0 Å². The highest BCUT2D eigenvalue weighted by atomic mass is 14.6. The molecule has 0 aliphatic heterocycles. The summed E-state index contributed by atoms with van der Waals surface area (Å²) >= 11 is 0. The molecule has 0 aliphatic rings. The molecule has 0 bridgehead atoms. The molecule has 2 nitrogen and oxygen atoms in total. The van der Waals surface area contributed by atoms with E-state index in [1.165, 1.54) is 0 Å². The third-order valence-electron chi connectivity index (χ3n) is 1.58. The molecule has 1 atom stereocenters. The van der Waals surface area contributed by atoms with E-state index < -0.39 is 0 Å². The van der Waals surface area contributed by atoms with Gasteiger partial charge in [0.1, 0.15) is 0 Å². The molecule has 0 amide bonds. The van der Waals surface area contributed by atoms with Crippen LogP contribution in [0.2, 0.25) is 0 Å². The zero-order chi connectivity index (χ0) is 8.27. The molecule has 2 heteroatoms. The molecule has 4 N–H and O–H groups in total. The van der Waals surface area contributed by atoms with Crippen molar-refractivity contribution >= 4 is 5.69 Å². The highest BCUT2D eigenvalue weighted by molar-refractivity contribution is 5.40. The van der Waals surface area contributed by atoms with Crippen LogP contribution in [0.25, 0.3) is 0 Å². The smallest absolute Gasteiger partial charge is 0.0478 e. The van der Waals surface area contributed by atoms with E-state index in [4.69, 9.17) is 11.5 Å². The fourth-order valence-electron chi connectivity index (χ4n) is 0.854. The lowest BCUT2D eigenvalue weighted by Gasteiger charge is -2.05. The van der Waals surface area contributed by atoms with Gasteiger partial charge in [-0.3, -0.25) is 0 Å². The highest BCUT2D eigenvalue weighted by Crippen LogP contribution is 2.12. The number of benzene rings is 1. The van der Waals surface area contributed by atoms with Gasteiger partial charge in [0.05, 0.1) is 0 Å². The van der Waals surface area contributed by atoms with Crippen LogP contribution in [0.4, 0.5) is 5.69 Å². The summed E-state index contributed by atoms with van der Waals surface area (Å²) in [5.41, 5.74) is 13.0. The Kier molecular flexibility index (Phi) is 2.28. The molecule has 0 unspecified atom stereocenters. The third-order valence-corrected chi connectivity index (χ3v) is 1.58. The average Bonchev–Trinajstić information content (AvgIpc) is 2.05.